The fourth-order valence-corrected chi connectivity index (χ4v) is 3.56. The maximum absolute atomic E-state index is 12.4. The van der Waals surface area contributed by atoms with Crippen molar-refractivity contribution in [1.29, 1.82) is 5.26 Å². The van der Waals surface area contributed by atoms with Gasteiger partial charge in [0, 0.05) is 12.6 Å². The van der Waals surface area contributed by atoms with Crippen LogP contribution in [0.25, 0.3) is 0 Å². The Bertz CT molecular complexity index is 842. The normalized spacial score (nSPS) is 14.8. The van der Waals surface area contributed by atoms with Gasteiger partial charge in [-0.15, -0.1) is 0 Å². The monoisotopic (exact) mass is 393 g/mol. The van der Waals surface area contributed by atoms with E-state index in [4.69, 9.17) is 14.7 Å². The molecule has 0 spiro atoms. The van der Waals surface area contributed by atoms with E-state index >= 15 is 0 Å². The fourth-order valence-electron chi connectivity index (χ4n) is 3.56. The van der Waals surface area contributed by atoms with Gasteiger partial charge in [-0.1, -0.05) is 30.3 Å². The van der Waals surface area contributed by atoms with Gasteiger partial charge in [-0.25, -0.2) is 0 Å². The number of amides is 1. The van der Waals surface area contributed by atoms with E-state index < -0.39 is 0 Å². The molecule has 0 saturated carbocycles. The SMILES string of the molecule is CCOc1cc(C#N)ccc1OCC(=O)NCC(c1ccccc1)N1CCCC1. The van der Waals surface area contributed by atoms with Crippen molar-refractivity contribution in [3.8, 4) is 17.6 Å². The number of nitrogens with zero attached hydrogens (tertiary/aromatic N) is 2. The molecule has 6 heteroatoms. The standard InChI is InChI=1S/C23H27N3O3/c1-2-28-22-14-18(15-24)10-11-21(22)29-17-23(27)25-16-20(26-12-6-7-13-26)19-8-4-3-5-9-19/h3-5,8-11,14,20H,2,6-7,12-13,16-17H2,1H3,(H,25,27). The Balaban J connectivity index is 1.58. The van der Waals surface area contributed by atoms with Gasteiger partial charge in [0.25, 0.3) is 5.91 Å². The molecule has 1 heterocycles. The molecule has 1 unspecified atom stereocenters. The Hall–Kier alpha value is -3.04. The second-order valence-electron chi connectivity index (χ2n) is 6.97. The van der Waals surface area contributed by atoms with E-state index in [0.29, 0.717) is 30.2 Å². The summed E-state index contributed by atoms with van der Waals surface area (Å²) in [5.41, 5.74) is 1.70. The number of nitriles is 1. The average Bonchev–Trinajstić information content (AvgIpc) is 3.28. The number of ether oxygens (including phenoxy) is 2. The summed E-state index contributed by atoms with van der Waals surface area (Å²) in [6.07, 6.45) is 2.39. The Labute approximate surface area is 172 Å². The van der Waals surface area contributed by atoms with Crippen molar-refractivity contribution in [3.05, 3.63) is 59.7 Å². The van der Waals surface area contributed by atoms with Gasteiger partial charge in [0.2, 0.25) is 0 Å². The molecule has 0 aromatic heterocycles. The Morgan fingerprint density at radius 2 is 1.90 bits per heavy atom. The molecule has 29 heavy (non-hydrogen) atoms. The van der Waals surface area contributed by atoms with E-state index in [0.717, 1.165) is 13.1 Å². The number of hydrogen-bond acceptors (Lipinski definition) is 5. The molecule has 6 nitrogen and oxygen atoms in total. The van der Waals surface area contributed by atoms with E-state index in [1.165, 1.54) is 18.4 Å². The second kappa shape index (κ2) is 10.5. The van der Waals surface area contributed by atoms with Crippen molar-refractivity contribution in [3.63, 3.8) is 0 Å². The smallest absolute Gasteiger partial charge is 0.258 e. The highest BCUT2D eigenvalue weighted by Crippen LogP contribution is 2.28. The lowest BCUT2D eigenvalue weighted by Gasteiger charge is -2.28. The van der Waals surface area contributed by atoms with Crippen LogP contribution in [0, 0.1) is 11.3 Å². The first-order valence-corrected chi connectivity index (χ1v) is 10.1. The van der Waals surface area contributed by atoms with Crippen molar-refractivity contribution < 1.29 is 14.3 Å². The lowest BCUT2D eigenvalue weighted by molar-refractivity contribution is -0.123. The van der Waals surface area contributed by atoms with Crippen molar-refractivity contribution in [2.24, 2.45) is 0 Å². The summed E-state index contributed by atoms with van der Waals surface area (Å²) in [6.45, 7) is 4.85. The van der Waals surface area contributed by atoms with Crippen LogP contribution in [0.1, 0.15) is 36.9 Å². The van der Waals surface area contributed by atoms with E-state index in [-0.39, 0.29) is 18.6 Å². The largest absolute Gasteiger partial charge is 0.490 e. The van der Waals surface area contributed by atoms with Crippen LogP contribution in [-0.4, -0.2) is 43.7 Å². The zero-order chi connectivity index (χ0) is 20.5. The first kappa shape index (κ1) is 20.7. The molecular formula is C23H27N3O3. The third kappa shape index (κ3) is 5.72. The Kier molecular flexibility index (Phi) is 7.48. The van der Waals surface area contributed by atoms with Crippen LogP contribution >= 0.6 is 0 Å². The molecule has 1 fully saturated rings. The first-order chi connectivity index (χ1) is 14.2. The molecule has 2 aromatic rings. The number of carbonyl (C=O) groups excluding carboxylic acids is 1. The Morgan fingerprint density at radius 3 is 2.59 bits per heavy atom. The molecule has 1 N–H and O–H groups in total. The zero-order valence-electron chi connectivity index (χ0n) is 16.8. The molecule has 1 saturated heterocycles. The number of hydrogen-bond donors (Lipinski definition) is 1. The third-order valence-corrected chi connectivity index (χ3v) is 4.99. The summed E-state index contributed by atoms with van der Waals surface area (Å²) in [5, 5.41) is 12.0. The number of carbonyl (C=O) groups is 1. The summed E-state index contributed by atoms with van der Waals surface area (Å²) in [7, 11) is 0. The van der Waals surface area contributed by atoms with E-state index in [9.17, 15) is 4.79 Å². The van der Waals surface area contributed by atoms with Crippen LogP contribution in [0.3, 0.4) is 0 Å². The van der Waals surface area contributed by atoms with Gasteiger partial charge < -0.3 is 14.8 Å². The molecule has 0 aliphatic carbocycles. The van der Waals surface area contributed by atoms with Crippen molar-refractivity contribution in [1.82, 2.24) is 10.2 Å². The van der Waals surface area contributed by atoms with E-state index in [2.05, 4.69) is 28.4 Å². The minimum Gasteiger partial charge on any atom is -0.490 e. The van der Waals surface area contributed by atoms with Gasteiger partial charge in [0.05, 0.1) is 24.3 Å². The van der Waals surface area contributed by atoms with Gasteiger partial charge in [-0.3, -0.25) is 9.69 Å². The van der Waals surface area contributed by atoms with Crippen molar-refractivity contribution in [2.75, 3.05) is 32.8 Å². The molecular weight excluding hydrogens is 366 g/mol. The maximum atomic E-state index is 12.4. The predicted molar refractivity (Wildman–Crippen MR) is 111 cm³/mol. The average molecular weight is 393 g/mol. The molecule has 0 radical (unpaired) electrons. The highest BCUT2D eigenvalue weighted by molar-refractivity contribution is 5.77. The second-order valence-corrected chi connectivity index (χ2v) is 6.97. The van der Waals surface area contributed by atoms with Gasteiger partial charge >= 0.3 is 0 Å². The maximum Gasteiger partial charge on any atom is 0.258 e. The van der Waals surface area contributed by atoms with Gasteiger partial charge in [0.1, 0.15) is 0 Å². The number of nitrogens with one attached hydrogen (secondary N) is 1. The molecule has 0 bridgehead atoms. The molecule has 1 aliphatic heterocycles. The molecule has 1 atom stereocenters. The summed E-state index contributed by atoms with van der Waals surface area (Å²) in [6, 6.07) is 17.4. The fraction of sp³-hybridized carbons (Fsp3) is 0.391. The highest BCUT2D eigenvalue weighted by Gasteiger charge is 2.23. The number of likely N-dealkylation sites (tertiary alicyclic amines) is 1. The highest BCUT2D eigenvalue weighted by atomic mass is 16.5. The molecule has 1 aliphatic rings. The van der Waals surface area contributed by atoms with Gasteiger partial charge in [0.15, 0.2) is 18.1 Å². The zero-order valence-corrected chi connectivity index (χ0v) is 16.8. The van der Waals surface area contributed by atoms with Crippen LogP contribution in [0.4, 0.5) is 0 Å². The van der Waals surface area contributed by atoms with Crippen molar-refractivity contribution >= 4 is 5.91 Å². The molecule has 3 rings (SSSR count). The van der Waals surface area contributed by atoms with Gasteiger partial charge in [-0.05, 0) is 50.6 Å². The summed E-state index contributed by atoms with van der Waals surface area (Å²) < 4.78 is 11.2. The number of benzene rings is 2. The molecule has 2 aromatic carbocycles. The predicted octanol–water partition coefficient (Wildman–Crippen LogP) is 3.29. The minimum absolute atomic E-state index is 0.104. The lowest BCUT2D eigenvalue weighted by Crippen LogP contribution is -2.38. The van der Waals surface area contributed by atoms with E-state index in [1.54, 1.807) is 18.2 Å². The topological polar surface area (TPSA) is 74.6 Å². The molecule has 1 amide bonds. The Morgan fingerprint density at radius 1 is 1.14 bits per heavy atom. The first-order valence-electron chi connectivity index (χ1n) is 10.1. The quantitative estimate of drug-likeness (QED) is 0.708. The summed E-state index contributed by atoms with van der Waals surface area (Å²) in [4.78, 5) is 14.8. The molecule has 152 valence electrons. The number of rotatable bonds is 9. The van der Waals surface area contributed by atoms with Crippen LogP contribution < -0.4 is 14.8 Å². The lowest BCUT2D eigenvalue weighted by atomic mass is 10.1. The van der Waals surface area contributed by atoms with Crippen LogP contribution in [0.2, 0.25) is 0 Å². The minimum atomic E-state index is -0.183. The van der Waals surface area contributed by atoms with E-state index in [1.807, 2.05) is 25.1 Å². The van der Waals surface area contributed by atoms with Crippen LogP contribution in [-0.2, 0) is 4.79 Å². The van der Waals surface area contributed by atoms with Crippen LogP contribution in [0.15, 0.2) is 48.5 Å². The third-order valence-electron chi connectivity index (χ3n) is 4.99. The van der Waals surface area contributed by atoms with Gasteiger partial charge in [-0.2, -0.15) is 5.26 Å². The summed E-state index contributed by atoms with van der Waals surface area (Å²) >= 11 is 0. The van der Waals surface area contributed by atoms with Crippen molar-refractivity contribution in [2.45, 2.75) is 25.8 Å². The summed E-state index contributed by atoms with van der Waals surface area (Å²) in [5.74, 6) is 0.746. The van der Waals surface area contributed by atoms with Crippen LogP contribution in [0.5, 0.6) is 11.5 Å².